The van der Waals surface area contributed by atoms with Gasteiger partial charge in [0, 0.05) is 24.6 Å². The minimum absolute atomic E-state index is 0.00433. The van der Waals surface area contributed by atoms with Gasteiger partial charge in [-0.1, -0.05) is 42.5 Å². The molecular formula is C28H31F2N3O2. The van der Waals surface area contributed by atoms with Crippen molar-refractivity contribution in [2.75, 3.05) is 19.6 Å². The molecule has 0 aromatic heterocycles. The van der Waals surface area contributed by atoms with E-state index in [1.807, 2.05) is 6.07 Å². The number of nitrogens with two attached hydrogens (primary N) is 1. The quantitative estimate of drug-likeness (QED) is 0.427. The lowest BCUT2D eigenvalue weighted by Gasteiger charge is -2.43. The van der Waals surface area contributed by atoms with Crippen LogP contribution in [-0.4, -0.2) is 47.3 Å². The highest BCUT2D eigenvalue weighted by molar-refractivity contribution is 5.94. The molecule has 2 atom stereocenters. The molecule has 184 valence electrons. The summed E-state index contributed by atoms with van der Waals surface area (Å²) >= 11 is 0. The van der Waals surface area contributed by atoms with Gasteiger partial charge in [0.05, 0.1) is 0 Å². The van der Waals surface area contributed by atoms with Crippen LogP contribution in [0.15, 0.2) is 78.9 Å². The minimum atomic E-state index is -1.19. The fourth-order valence-corrected chi connectivity index (χ4v) is 4.67. The molecule has 1 aliphatic rings. The number of amides is 1. The summed E-state index contributed by atoms with van der Waals surface area (Å²) in [6.07, 6.45) is 1.11. The van der Waals surface area contributed by atoms with Crippen molar-refractivity contribution in [3.63, 3.8) is 0 Å². The highest BCUT2D eigenvalue weighted by Gasteiger charge is 2.40. The third-order valence-electron chi connectivity index (χ3n) is 6.76. The van der Waals surface area contributed by atoms with Crippen LogP contribution in [0.2, 0.25) is 0 Å². The van der Waals surface area contributed by atoms with E-state index in [0.717, 1.165) is 30.5 Å². The van der Waals surface area contributed by atoms with E-state index in [0.29, 0.717) is 25.1 Å². The first-order valence-corrected chi connectivity index (χ1v) is 11.9. The molecule has 3 aromatic rings. The van der Waals surface area contributed by atoms with Crippen LogP contribution in [0.5, 0.6) is 0 Å². The van der Waals surface area contributed by atoms with E-state index in [2.05, 4.69) is 10.2 Å². The molecule has 0 spiro atoms. The van der Waals surface area contributed by atoms with Crippen molar-refractivity contribution < 1.29 is 18.7 Å². The maximum absolute atomic E-state index is 13.5. The van der Waals surface area contributed by atoms with Crippen molar-refractivity contribution in [3.8, 4) is 0 Å². The Balaban J connectivity index is 1.34. The highest BCUT2D eigenvalue weighted by atomic mass is 19.1. The third-order valence-corrected chi connectivity index (χ3v) is 6.76. The Hall–Kier alpha value is -3.13. The summed E-state index contributed by atoms with van der Waals surface area (Å²) in [5, 5.41) is 13.6. The number of likely N-dealkylation sites (tertiary alicyclic amines) is 1. The first-order chi connectivity index (χ1) is 16.8. The summed E-state index contributed by atoms with van der Waals surface area (Å²) in [6, 6.07) is 21.7. The topological polar surface area (TPSA) is 78.6 Å². The molecule has 35 heavy (non-hydrogen) atoms. The van der Waals surface area contributed by atoms with Gasteiger partial charge in [-0.15, -0.1) is 0 Å². The fourth-order valence-electron chi connectivity index (χ4n) is 4.67. The predicted octanol–water partition coefficient (Wildman–Crippen LogP) is 4.03. The van der Waals surface area contributed by atoms with E-state index < -0.39 is 11.8 Å². The van der Waals surface area contributed by atoms with Crippen LogP contribution in [0.4, 0.5) is 8.78 Å². The van der Waals surface area contributed by atoms with E-state index >= 15 is 0 Å². The number of piperidine rings is 1. The third kappa shape index (κ3) is 6.31. The molecule has 4 rings (SSSR count). The van der Waals surface area contributed by atoms with Crippen LogP contribution < -0.4 is 11.1 Å². The summed E-state index contributed by atoms with van der Waals surface area (Å²) in [6.45, 7) is 1.72. The lowest BCUT2D eigenvalue weighted by atomic mass is 9.87. The second-order valence-electron chi connectivity index (χ2n) is 9.22. The number of benzene rings is 3. The number of aliphatic hydroxyl groups excluding tert-OH is 1. The average molecular weight is 480 g/mol. The lowest BCUT2D eigenvalue weighted by Crippen LogP contribution is -2.69. The van der Waals surface area contributed by atoms with Crippen molar-refractivity contribution in [1.82, 2.24) is 10.2 Å². The van der Waals surface area contributed by atoms with Crippen LogP contribution in [0.25, 0.3) is 0 Å². The summed E-state index contributed by atoms with van der Waals surface area (Å²) in [5.41, 5.74) is 7.65. The molecule has 0 saturated carbocycles. The minimum Gasteiger partial charge on any atom is -0.388 e. The van der Waals surface area contributed by atoms with Crippen molar-refractivity contribution >= 4 is 5.91 Å². The second kappa shape index (κ2) is 11.1. The standard InChI is InChI=1S/C28H31F2N3O2/c29-23-12-8-20(9-13-23)25(21-10-14-24(30)15-11-21)7-4-17-33-18-16-28(31,26(34)19-33)32-27(35)22-5-2-1-3-6-22/h1-3,5-6,8-15,25-26,34H,4,7,16-19,31H2,(H,32,35). The summed E-state index contributed by atoms with van der Waals surface area (Å²) in [5.74, 6) is -0.885. The Bertz CT molecular complexity index is 1060. The monoisotopic (exact) mass is 479 g/mol. The number of carbonyl (C=O) groups is 1. The summed E-state index contributed by atoms with van der Waals surface area (Å²) < 4.78 is 26.9. The predicted molar refractivity (Wildman–Crippen MR) is 132 cm³/mol. The molecule has 5 nitrogen and oxygen atoms in total. The number of β-amino-alcohol motifs (C(OH)–C–C–N with tert-alkyl or cyclic N) is 1. The van der Waals surface area contributed by atoms with Crippen molar-refractivity contribution in [2.45, 2.75) is 36.9 Å². The van der Waals surface area contributed by atoms with Gasteiger partial charge in [0.25, 0.3) is 5.91 Å². The molecule has 0 bridgehead atoms. The van der Waals surface area contributed by atoms with E-state index in [9.17, 15) is 18.7 Å². The number of hydrogen-bond acceptors (Lipinski definition) is 4. The Morgan fingerprint density at radius 1 is 1.00 bits per heavy atom. The zero-order valence-corrected chi connectivity index (χ0v) is 19.5. The van der Waals surface area contributed by atoms with Crippen LogP contribution >= 0.6 is 0 Å². The fraction of sp³-hybridized carbons (Fsp3) is 0.321. The smallest absolute Gasteiger partial charge is 0.252 e. The van der Waals surface area contributed by atoms with Gasteiger partial charge in [0.15, 0.2) is 0 Å². The Labute approximate surface area is 204 Å². The van der Waals surface area contributed by atoms with Gasteiger partial charge in [-0.2, -0.15) is 0 Å². The number of carbonyl (C=O) groups excluding carboxylic acids is 1. The van der Waals surface area contributed by atoms with Crippen LogP contribution in [0.3, 0.4) is 0 Å². The molecule has 3 aromatic carbocycles. The van der Waals surface area contributed by atoms with E-state index in [1.54, 1.807) is 48.5 Å². The van der Waals surface area contributed by atoms with Crippen molar-refractivity contribution in [2.24, 2.45) is 5.73 Å². The number of nitrogens with zero attached hydrogens (tertiary/aromatic N) is 1. The first kappa shape index (κ1) is 25.0. The number of aliphatic hydroxyl groups is 1. The Morgan fingerprint density at radius 2 is 1.57 bits per heavy atom. The molecule has 4 N–H and O–H groups in total. The maximum atomic E-state index is 13.5. The molecule has 1 fully saturated rings. The summed E-state index contributed by atoms with van der Waals surface area (Å²) in [7, 11) is 0. The average Bonchev–Trinajstić information content (AvgIpc) is 2.86. The van der Waals surface area contributed by atoms with E-state index in [1.165, 1.54) is 24.3 Å². The van der Waals surface area contributed by atoms with Gasteiger partial charge in [-0.3, -0.25) is 4.79 Å². The highest BCUT2D eigenvalue weighted by Crippen LogP contribution is 2.30. The zero-order chi connectivity index (χ0) is 24.8. The van der Waals surface area contributed by atoms with Gasteiger partial charge in [-0.25, -0.2) is 8.78 Å². The first-order valence-electron chi connectivity index (χ1n) is 11.9. The van der Waals surface area contributed by atoms with Gasteiger partial charge < -0.3 is 21.1 Å². The zero-order valence-electron chi connectivity index (χ0n) is 19.5. The number of halogens is 2. The van der Waals surface area contributed by atoms with Crippen LogP contribution in [0, 0.1) is 11.6 Å². The molecule has 1 aliphatic heterocycles. The second-order valence-corrected chi connectivity index (χ2v) is 9.22. The molecular weight excluding hydrogens is 448 g/mol. The van der Waals surface area contributed by atoms with Gasteiger partial charge in [-0.05, 0) is 73.3 Å². The number of rotatable bonds is 8. The molecule has 1 amide bonds. The van der Waals surface area contributed by atoms with Gasteiger partial charge >= 0.3 is 0 Å². The molecule has 0 radical (unpaired) electrons. The summed E-state index contributed by atoms with van der Waals surface area (Å²) in [4.78, 5) is 14.7. The van der Waals surface area contributed by atoms with Crippen LogP contribution in [-0.2, 0) is 0 Å². The maximum Gasteiger partial charge on any atom is 0.252 e. The molecule has 2 unspecified atom stereocenters. The van der Waals surface area contributed by atoms with E-state index in [4.69, 9.17) is 5.73 Å². The van der Waals surface area contributed by atoms with Gasteiger partial charge in [0.1, 0.15) is 23.4 Å². The Morgan fingerprint density at radius 3 is 2.11 bits per heavy atom. The Kier molecular flexibility index (Phi) is 7.90. The molecule has 0 aliphatic carbocycles. The molecule has 1 heterocycles. The van der Waals surface area contributed by atoms with Crippen LogP contribution in [0.1, 0.15) is 46.7 Å². The molecule has 7 heteroatoms. The largest absolute Gasteiger partial charge is 0.388 e. The normalized spacial score (nSPS) is 20.7. The molecule has 1 saturated heterocycles. The number of nitrogens with one attached hydrogen (secondary N) is 1. The number of hydrogen-bond donors (Lipinski definition) is 3. The van der Waals surface area contributed by atoms with Gasteiger partial charge in [0.2, 0.25) is 0 Å². The SMILES string of the molecule is NC1(NC(=O)c2ccccc2)CCN(CCCC(c2ccc(F)cc2)c2ccc(F)cc2)CC1O. The van der Waals surface area contributed by atoms with E-state index in [-0.39, 0.29) is 23.5 Å². The van der Waals surface area contributed by atoms with Crippen molar-refractivity contribution in [3.05, 3.63) is 107 Å². The van der Waals surface area contributed by atoms with Crippen molar-refractivity contribution in [1.29, 1.82) is 0 Å². The lowest BCUT2D eigenvalue weighted by molar-refractivity contribution is -0.0106.